The van der Waals surface area contributed by atoms with Gasteiger partial charge in [0, 0.05) is 19.1 Å². The first kappa shape index (κ1) is 21.6. The maximum absolute atomic E-state index is 12.6. The van der Waals surface area contributed by atoms with Crippen molar-refractivity contribution in [2.45, 2.75) is 70.1 Å². The van der Waals surface area contributed by atoms with Crippen LogP contribution in [0.25, 0.3) is 0 Å². The fourth-order valence-electron chi connectivity index (χ4n) is 4.51. The summed E-state index contributed by atoms with van der Waals surface area (Å²) in [6.07, 6.45) is 3.33. The normalized spacial score (nSPS) is 26.1. The highest BCUT2D eigenvalue weighted by Crippen LogP contribution is 2.32. The summed E-state index contributed by atoms with van der Waals surface area (Å²) < 4.78 is 10.5. The fraction of sp³-hybridized carbons (Fsp3) is 0.652. The minimum absolute atomic E-state index is 0.268. The van der Waals surface area contributed by atoms with Crippen LogP contribution in [0.2, 0.25) is 0 Å². The summed E-state index contributed by atoms with van der Waals surface area (Å²) in [5.41, 5.74) is 0.789. The Bertz CT molecular complexity index is 701. The molecule has 0 aliphatic carbocycles. The summed E-state index contributed by atoms with van der Waals surface area (Å²) >= 11 is 0. The molecular weight excluding hydrogens is 368 g/mol. The van der Waals surface area contributed by atoms with E-state index in [1.54, 1.807) is 4.90 Å². The zero-order valence-corrected chi connectivity index (χ0v) is 18.1. The molecule has 0 N–H and O–H groups in total. The molecule has 0 bridgehead atoms. The molecule has 2 aliphatic heterocycles. The van der Waals surface area contributed by atoms with Gasteiger partial charge in [-0.15, -0.1) is 0 Å². The van der Waals surface area contributed by atoms with Gasteiger partial charge in [0.05, 0.1) is 7.11 Å². The molecule has 0 aromatic heterocycles. The molecule has 2 fully saturated rings. The number of hydrogen-bond acceptors (Lipinski definition) is 5. The van der Waals surface area contributed by atoms with Crippen LogP contribution in [0, 0.1) is 0 Å². The number of hydrogen-bond donors (Lipinski definition) is 0. The van der Waals surface area contributed by atoms with E-state index in [0.717, 1.165) is 25.9 Å². The molecule has 3 rings (SSSR count). The zero-order chi connectivity index (χ0) is 21.0. The van der Waals surface area contributed by atoms with Gasteiger partial charge in [-0.2, -0.15) is 0 Å². The molecule has 0 radical (unpaired) electrons. The third kappa shape index (κ3) is 5.50. The molecule has 0 spiro atoms. The van der Waals surface area contributed by atoms with Gasteiger partial charge in [-0.1, -0.05) is 30.3 Å². The van der Waals surface area contributed by atoms with E-state index in [1.165, 1.54) is 19.1 Å². The van der Waals surface area contributed by atoms with Crippen molar-refractivity contribution < 1.29 is 19.1 Å². The predicted molar refractivity (Wildman–Crippen MR) is 112 cm³/mol. The van der Waals surface area contributed by atoms with E-state index in [-0.39, 0.29) is 12.0 Å². The number of amides is 1. The van der Waals surface area contributed by atoms with Crippen LogP contribution in [0.15, 0.2) is 30.3 Å². The average molecular weight is 403 g/mol. The van der Waals surface area contributed by atoms with Gasteiger partial charge in [0.1, 0.15) is 11.6 Å². The topological polar surface area (TPSA) is 59.1 Å². The standard InChI is InChI=1S/C23H34N2O4/c1-23(2,3)29-22(27)25-14-12-19(15-20(25)21(26)28-4)24-13-8-11-18(16-24)17-9-6-5-7-10-17/h5-7,9-10,18-20H,8,11-16H2,1-4H3/t18-,19+,20-/m0/s1. The van der Waals surface area contributed by atoms with E-state index in [1.807, 2.05) is 20.8 Å². The smallest absolute Gasteiger partial charge is 0.411 e. The summed E-state index contributed by atoms with van der Waals surface area (Å²) in [4.78, 5) is 29.2. The molecule has 0 saturated carbocycles. The van der Waals surface area contributed by atoms with Crippen molar-refractivity contribution >= 4 is 12.1 Å². The van der Waals surface area contributed by atoms with Gasteiger partial charge < -0.3 is 9.47 Å². The van der Waals surface area contributed by atoms with Crippen molar-refractivity contribution in [3.05, 3.63) is 35.9 Å². The van der Waals surface area contributed by atoms with E-state index in [2.05, 4.69) is 35.2 Å². The van der Waals surface area contributed by atoms with E-state index in [9.17, 15) is 9.59 Å². The van der Waals surface area contributed by atoms with Crippen LogP contribution < -0.4 is 0 Å². The lowest BCUT2D eigenvalue weighted by Gasteiger charge is -2.45. The highest BCUT2D eigenvalue weighted by Gasteiger charge is 2.41. The molecule has 2 saturated heterocycles. The lowest BCUT2D eigenvalue weighted by molar-refractivity contribution is -0.149. The number of ether oxygens (including phenoxy) is 2. The lowest BCUT2D eigenvalue weighted by Crippen LogP contribution is -2.57. The van der Waals surface area contributed by atoms with Crippen LogP contribution in [0.4, 0.5) is 4.79 Å². The number of esters is 1. The number of nitrogens with zero attached hydrogens (tertiary/aromatic N) is 2. The molecular formula is C23H34N2O4. The van der Waals surface area contributed by atoms with Crippen molar-refractivity contribution in [2.75, 3.05) is 26.7 Å². The lowest BCUT2D eigenvalue weighted by atomic mass is 9.87. The number of carbonyl (C=O) groups is 2. The Labute approximate surface area is 174 Å². The fourth-order valence-corrected chi connectivity index (χ4v) is 4.51. The summed E-state index contributed by atoms with van der Waals surface area (Å²) in [7, 11) is 1.38. The molecule has 6 nitrogen and oxygen atoms in total. The molecule has 3 atom stereocenters. The maximum atomic E-state index is 12.6. The van der Waals surface area contributed by atoms with Crippen molar-refractivity contribution in [1.29, 1.82) is 0 Å². The van der Waals surface area contributed by atoms with Crippen LogP contribution in [0.5, 0.6) is 0 Å². The number of rotatable bonds is 3. The largest absolute Gasteiger partial charge is 0.467 e. The first-order valence-corrected chi connectivity index (χ1v) is 10.6. The number of methoxy groups -OCH3 is 1. The van der Waals surface area contributed by atoms with Crippen LogP contribution in [-0.2, 0) is 14.3 Å². The first-order chi connectivity index (χ1) is 13.8. The predicted octanol–water partition coefficient (Wildman–Crippen LogP) is 3.81. The minimum Gasteiger partial charge on any atom is -0.467 e. The molecule has 6 heteroatoms. The third-order valence-corrected chi connectivity index (χ3v) is 5.92. The second-order valence-corrected chi connectivity index (χ2v) is 9.14. The monoisotopic (exact) mass is 402 g/mol. The second-order valence-electron chi connectivity index (χ2n) is 9.14. The minimum atomic E-state index is -0.593. The van der Waals surface area contributed by atoms with Gasteiger partial charge in [-0.3, -0.25) is 9.80 Å². The molecule has 160 valence electrons. The maximum Gasteiger partial charge on any atom is 0.411 e. The van der Waals surface area contributed by atoms with Gasteiger partial charge in [-0.05, 0) is 64.5 Å². The van der Waals surface area contributed by atoms with Gasteiger partial charge >= 0.3 is 12.1 Å². The zero-order valence-electron chi connectivity index (χ0n) is 18.1. The van der Waals surface area contributed by atoms with Crippen LogP contribution in [0.1, 0.15) is 57.9 Å². The molecule has 1 aromatic rings. The van der Waals surface area contributed by atoms with E-state index < -0.39 is 17.7 Å². The highest BCUT2D eigenvalue weighted by atomic mass is 16.6. The van der Waals surface area contributed by atoms with Crippen molar-refractivity contribution in [3.63, 3.8) is 0 Å². The molecule has 2 heterocycles. The Balaban J connectivity index is 1.69. The Morgan fingerprint density at radius 1 is 1.07 bits per heavy atom. The molecule has 0 unspecified atom stereocenters. The first-order valence-electron chi connectivity index (χ1n) is 10.6. The third-order valence-electron chi connectivity index (χ3n) is 5.92. The number of benzene rings is 1. The number of likely N-dealkylation sites (tertiary alicyclic amines) is 2. The van der Waals surface area contributed by atoms with Gasteiger partial charge in [-0.25, -0.2) is 9.59 Å². The Morgan fingerprint density at radius 3 is 2.45 bits per heavy atom. The summed E-state index contributed by atoms with van der Waals surface area (Å²) in [5, 5.41) is 0. The van der Waals surface area contributed by atoms with Crippen molar-refractivity contribution in [3.8, 4) is 0 Å². The molecule has 2 aliphatic rings. The van der Waals surface area contributed by atoms with Crippen molar-refractivity contribution in [1.82, 2.24) is 9.80 Å². The molecule has 29 heavy (non-hydrogen) atoms. The highest BCUT2D eigenvalue weighted by molar-refractivity contribution is 5.81. The molecule has 1 amide bonds. The Morgan fingerprint density at radius 2 is 1.79 bits per heavy atom. The Hall–Kier alpha value is -2.08. The average Bonchev–Trinajstić information content (AvgIpc) is 2.72. The number of carbonyl (C=O) groups excluding carboxylic acids is 2. The van der Waals surface area contributed by atoms with Crippen LogP contribution in [-0.4, -0.2) is 66.3 Å². The second kappa shape index (κ2) is 9.16. The van der Waals surface area contributed by atoms with E-state index >= 15 is 0 Å². The summed E-state index contributed by atoms with van der Waals surface area (Å²) in [6, 6.07) is 10.3. The summed E-state index contributed by atoms with van der Waals surface area (Å²) in [5.74, 6) is 0.155. The van der Waals surface area contributed by atoms with Gasteiger partial charge in [0.2, 0.25) is 0 Å². The SMILES string of the molecule is COC(=O)[C@@H]1C[C@H](N2CCC[C@H](c3ccccc3)C2)CCN1C(=O)OC(C)(C)C. The molecule has 1 aromatic carbocycles. The van der Waals surface area contributed by atoms with Crippen molar-refractivity contribution in [2.24, 2.45) is 0 Å². The van der Waals surface area contributed by atoms with E-state index in [0.29, 0.717) is 18.9 Å². The quantitative estimate of drug-likeness (QED) is 0.720. The summed E-state index contributed by atoms with van der Waals surface area (Å²) in [6.45, 7) is 8.04. The van der Waals surface area contributed by atoms with Gasteiger partial charge in [0.25, 0.3) is 0 Å². The van der Waals surface area contributed by atoms with Crippen LogP contribution in [0.3, 0.4) is 0 Å². The van der Waals surface area contributed by atoms with Gasteiger partial charge in [0.15, 0.2) is 0 Å². The van der Waals surface area contributed by atoms with E-state index in [4.69, 9.17) is 9.47 Å². The van der Waals surface area contributed by atoms with Crippen LogP contribution >= 0.6 is 0 Å². The Kier molecular flexibility index (Phi) is 6.83. The number of piperidine rings is 2.